The zero-order chi connectivity index (χ0) is 20.3. The highest BCUT2D eigenvalue weighted by Crippen LogP contribution is 2.14. The maximum Gasteiger partial charge on any atom is 0.337 e. The van der Waals surface area contributed by atoms with Gasteiger partial charge in [-0.05, 0) is 50.2 Å². The molecular formula is C21H21N3O4. The molecule has 0 aliphatic rings. The Morgan fingerprint density at radius 2 is 1.71 bits per heavy atom. The summed E-state index contributed by atoms with van der Waals surface area (Å²) < 4.78 is 4.67. The summed E-state index contributed by atoms with van der Waals surface area (Å²) in [4.78, 5) is 45.7. The molecule has 0 aliphatic carbocycles. The Morgan fingerprint density at radius 1 is 1.07 bits per heavy atom. The van der Waals surface area contributed by atoms with Crippen LogP contribution in [0, 0.1) is 0 Å². The summed E-state index contributed by atoms with van der Waals surface area (Å²) >= 11 is 0. The summed E-state index contributed by atoms with van der Waals surface area (Å²) in [5.41, 5.74) is 1.15. The van der Waals surface area contributed by atoms with E-state index in [1.807, 2.05) is 19.9 Å². The van der Waals surface area contributed by atoms with Gasteiger partial charge in [-0.1, -0.05) is 12.1 Å². The number of amides is 1. The number of ether oxygens (including phenoxy) is 1. The van der Waals surface area contributed by atoms with Crippen LogP contribution in [-0.2, 0) is 11.3 Å². The minimum atomic E-state index is -0.461. The van der Waals surface area contributed by atoms with Crippen LogP contribution in [0.25, 0.3) is 10.9 Å². The molecule has 0 fully saturated rings. The molecule has 0 bridgehead atoms. The minimum Gasteiger partial charge on any atom is -0.465 e. The molecule has 0 saturated carbocycles. The second kappa shape index (κ2) is 8.04. The van der Waals surface area contributed by atoms with Crippen molar-refractivity contribution in [1.29, 1.82) is 0 Å². The number of carbonyl (C=O) groups excluding carboxylic acids is 2. The van der Waals surface area contributed by atoms with Crippen LogP contribution in [0.15, 0.2) is 53.3 Å². The van der Waals surface area contributed by atoms with E-state index >= 15 is 0 Å². The standard InChI is InChI=1S/C21H21N3O4/c1-13(2)24(20(26)14-8-10-15(11-9-14)21(27)28-3)12-18-22-17-7-5-4-6-16(17)19(25)23-18/h4-11,13H,12H2,1-3H3,(H,22,23,25). The lowest BCUT2D eigenvalue weighted by Gasteiger charge is -2.26. The molecule has 7 heteroatoms. The summed E-state index contributed by atoms with van der Waals surface area (Å²) in [6, 6.07) is 13.2. The molecule has 0 spiro atoms. The lowest BCUT2D eigenvalue weighted by atomic mass is 10.1. The van der Waals surface area contributed by atoms with Gasteiger partial charge in [0.05, 0.1) is 30.1 Å². The van der Waals surface area contributed by atoms with E-state index < -0.39 is 5.97 Å². The fraction of sp³-hybridized carbons (Fsp3) is 0.238. The van der Waals surface area contributed by atoms with Crippen molar-refractivity contribution in [2.24, 2.45) is 0 Å². The van der Waals surface area contributed by atoms with Crippen molar-refractivity contribution < 1.29 is 14.3 Å². The molecule has 2 aromatic carbocycles. The van der Waals surface area contributed by atoms with Gasteiger partial charge in [0.2, 0.25) is 0 Å². The number of nitrogens with one attached hydrogen (secondary N) is 1. The number of rotatable bonds is 5. The van der Waals surface area contributed by atoms with Gasteiger partial charge < -0.3 is 14.6 Å². The van der Waals surface area contributed by atoms with Gasteiger partial charge in [-0.3, -0.25) is 9.59 Å². The second-order valence-electron chi connectivity index (χ2n) is 6.63. The van der Waals surface area contributed by atoms with Crippen LogP contribution in [0.5, 0.6) is 0 Å². The zero-order valence-corrected chi connectivity index (χ0v) is 15.9. The Kier molecular flexibility index (Phi) is 5.54. The molecular weight excluding hydrogens is 358 g/mol. The highest BCUT2D eigenvalue weighted by Gasteiger charge is 2.21. The number of hydrogen-bond donors (Lipinski definition) is 1. The Bertz CT molecular complexity index is 1070. The third kappa shape index (κ3) is 3.93. The number of fused-ring (bicyclic) bond motifs is 1. The van der Waals surface area contributed by atoms with Gasteiger partial charge in [-0.15, -0.1) is 0 Å². The van der Waals surface area contributed by atoms with Gasteiger partial charge in [-0.2, -0.15) is 0 Å². The number of hydrogen-bond acceptors (Lipinski definition) is 5. The van der Waals surface area contributed by atoms with E-state index in [2.05, 4.69) is 14.7 Å². The number of H-pyrrole nitrogens is 1. The van der Waals surface area contributed by atoms with Gasteiger partial charge in [0.1, 0.15) is 5.82 Å². The maximum atomic E-state index is 13.0. The van der Waals surface area contributed by atoms with Gasteiger partial charge >= 0.3 is 5.97 Å². The molecule has 0 saturated heterocycles. The van der Waals surface area contributed by atoms with Crippen LogP contribution in [0.1, 0.15) is 40.4 Å². The molecule has 0 aliphatic heterocycles. The maximum absolute atomic E-state index is 13.0. The molecule has 0 atom stereocenters. The quantitative estimate of drug-likeness (QED) is 0.688. The van der Waals surface area contributed by atoms with Crippen LogP contribution in [-0.4, -0.2) is 39.9 Å². The zero-order valence-electron chi connectivity index (χ0n) is 15.9. The predicted octanol–water partition coefficient (Wildman–Crippen LogP) is 2.76. The number of aromatic nitrogens is 2. The molecule has 3 aromatic rings. The van der Waals surface area contributed by atoms with Crippen molar-refractivity contribution in [3.8, 4) is 0 Å². The molecule has 7 nitrogen and oxygen atoms in total. The third-order valence-corrected chi connectivity index (χ3v) is 4.42. The van der Waals surface area contributed by atoms with E-state index in [-0.39, 0.29) is 24.1 Å². The Morgan fingerprint density at radius 3 is 2.36 bits per heavy atom. The number of methoxy groups -OCH3 is 1. The van der Waals surface area contributed by atoms with Gasteiger partial charge in [0, 0.05) is 11.6 Å². The van der Waals surface area contributed by atoms with E-state index in [0.717, 1.165) is 0 Å². The number of carbonyl (C=O) groups is 2. The molecule has 1 heterocycles. The van der Waals surface area contributed by atoms with E-state index in [1.54, 1.807) is 47.4 Å². The first-order valence-corrected chi connectivity index (χ1v) is 8.88. The van der Waals surface area contributed by atoms with Crippen LogP contribution < -0.4 is 5.56 Å². The summed E-state index contributed by atoms with van der Waals surface area (Å²) in [5.74, 6) is -0.267. The fourth-order valence-electron chi connectivity index (χ4n) is 2.89. The normalized spacial score (nSPS) is 10.9. The number of esters is 1. The van der Waals surface area contributed by atoms with Crippen molar-refractivity contribution >= 4 is 22.8 Å². The summed E-state index contributed by atoms with van der Waals surface area (Å²) in [6.45, 7) is 3.94. The van der Waals surface area contributed by atoms with Crippen LogP contribution in [0.2, 0.25) is 0 Å². The third-order valence-electron chi connectivity index (χ3n) is 4.42. The molecule has 3 rings (SSSR count). The number of benzene rings is 2. The van der Waals surface area contributed by atoms with Crippen LogP contribution in [0.4, 0.5) is 0 Å². The summed E-state index contributed by atoms with van der Waals surface area (Å²) in [6.07, 6.45) is 0. The Hall–Kier alpha value is -3.48. The number of aromatic amines is 1. The van der Waals surface area contributed by atoms with Gasteiger partial charge in [-0.25, -0.2) is 9.78 Å². The van der Waals surface area contributed by atoms with Crippen molar-refractivity contribution in [2.75, 3.05) is 7.11 Å². The lowest BCUT2D eigenvalue weighted by molar-refractivity contribution is 0.0598. The topological polar surface area (TPSA) is 92.4 Å². The monoisotopic (exact) mass is 379 g/mol. The second-order valence-corrected chi connectivity index (χ2v) is 6.63. The van der Waals surface area contributed by atoms with Gasteiger partial charge in [0.25, 0.3) is 11.5 Å². The van der Waals surface area contributed by atoms with Crippen molar-refractivity contribution in [3.63, 3.8) is 0 Å². The highest BCUT2D eigenvalue weighted by atomic mass is 16.5. The van der Waals surface area contributed by atoms with Gasteiger partial charge in [0.15, 0.2) is 0 Å². The smallest absolute Gasteiger partial charge is 0.337 e. The largest absolute Gasteiger partial charge is 0.465 e. The van der Waals surface area contributed by atoms with E-state index in [9.17, 15) is 14.4 Å². The van der Waals surface area contributed by atoms with Crippen molar-refractivity contribution in [1.82, 2.24) is 14.9 Å². The fourth-order valence-corrected chi connectivity index (χ4v) is 2.89. The van der Waals surface area contributed by atoms with E-state index in [1.165, 1.54) is 7.11 Å². The molecule has 1 amide bonds. The average molecular weight is 379 g/mol. The van der Waals surface area contributed by atoms with Crippen LogP contribution >= 0.6 is 0 Å². The van der Waals surface area contributed by atoms with Crippen molar-refractivity contribution in [3.05, 3.63) is 75.8 Å². The summed E-state index contributed by atoms with van der Waals surface area (Å²) in [7, 11) is 1.30. The summed E-state index contributed by atoms with van der Waals surface area (Å²) in [5, 5.41) is 0.507. The molecule has 144 valence electrons. The first kappa shape index (κ1) is 19.3. The molecule has 0 radical (unpaired) electrons. The molecule has 1 N–H and O–H groups in total. The minimum absolute atomic E-state index is 0.121. The van der Waals surface area contributed by atoms with Crippen molar-refractivity contribution in [2.45, 2.75) is 26.4 Å². The Labute approximate surface area is 162 Å². The van der Waals surface area contributed by atoms with Crippen LogP contribution in [0.3, 0.4) is 0 Å². The van der Waals surface area contributed by atoms with E-state index in [4.69, 9.17) is 0 Å². The Balaban J connectivity index is 1.88. The highest BCUT2D eigenvalue weighted by molar-refractivity contribution is 5.96. The molecule has 0 unspecified atom stereocenters. The first-order chi connectivity index (χ1) is 13.4. The molecule has 1 aromatic heterocycles. The average Bonchev–Trinajstić information content (AvgIpc) is 2.71. The lowest BCUT2D eigenvalue weighted by Crippen LogP contribution is -2.37. The molecule has 28 heavy (non-hydrogen) atoms. The SMILES string of the molecule is COC(=O)c1ccc(C(=O)N(Cc2nc3ccccc3c(=O)[nH]2)C(C)C)cc1. The first-order valence-electron chi connectivity index (χ1n) is 8.88. The number of nitrogens with zero attached hydrogens (tertiary/aromatic N) is 2. The predicted molar refractivity (Wildman–Crippen MR) is 105 cm³/mol. The number of para-hydroxylation sites is 1. The van der Waals surface area contributed by atoms with E-state index in [0.29, 0.717) is 27.9 Å².